The van der Waals surface area contributed by atoms with E-state index in [9.17, 15) is 20.2 Å². The minimum atomic E-state index is -0.766. The lowest BCUT2D eigenvalue weighted by atomic mass is 10.1. The van der Waals surface area contributed by atoms with Crippen LogP contribution in [-0.4, -0.2) is 17.4 Å². The lowest BCUT2D eigenvalue weighted by Gasteiger charge is -2.15. The summed E-state index contributed by atoms with van der Waals surface area (Å²) in [6.07, 6.45) is 1.38. The van der Waals surface area contributed by atoms with Crippen molar-refractivity contribution in [3.63, 3.8) is 0 Å². The van der Waals surface area contributed by atoms with Crippen LogP contribution < -0.4 is 14.8 Å². The lowest BCUT2D eigenvalue weighted by Crippen LogP contribution is -2.14. The maximum absolute atomic E-state index is 12.7. The Morgan fingerprint density at radius 1 is 1.17 bits per heavy atom. The van der Waals surface area contributed by atoms with Gasteiger partial charge >= 0.3 is 0 Å². The Morgan fingerprint density at radius 2 is 1.91 bits per heavy atom. The molecule has 0 fully saturated rings. The van der Waals surface area contributed by atoms with E-state index in [1.54, 1.807) is 25.1 Å². The summed E-state index contributed by atoms with van der Waals surface area (Å²) in [5, 5.41) is 23.4. The zero-order chi connectivity index (χ0) is 25.4. The standard InChI is InChI=1S/C26H22BrN3O5/c1-3-34-24-14-19(13-21(27)25(24)35-16-18-7-5-4-6-8-18)12-20(15-28)26(31)29-22-10-9-17(2)11-23(22)30(32)33/h4-14H,3,16H2,1-2H3,(H,29,31)/b20-12+. The van der Waals surface area contributed by atoms with Gasteiger partial charge in [-0.1, -0.05) is 36.4 Å². The van der Waals surface area contributed by atoms with Gasteiger partial charge in [0.25, 0.3) is 11.6 Å². The molecule has 0 atom stereocenters. The molecular formula is C26H22BrN3O5. The van der Waals surface area contributed by atoms with Crippen molar-refractivity contribution >= 4 is 39.3 Å². The molecule has 0 radical (unpaired) electrons. The van der Waals surface area contributed by atoms with E-state index in [-0.39, 0.29) is 16.9 Å². The van der Waals surface area contributed by atoms with E-state index in [1.165, 1.54) is 18.2 Å². The average Bonchev–Trinajstić information content (AvgIpc) is 2.83. The molecule has 0 heterocycles. The molecule has 1 amide bonds. The van der Waals surface area contributed by atoms with Crippen LogP contribution in [0.3, 0.4) is 0 Å². The Kier molecular flexibility index (Phi) is 8.59. The quantitative estimate of drug-likeness (QED) is 0.151. The van der Waals surface area contributed by atoms with E-state index in [1.807, 2.05) is 43.3 Å². The predicted molar refractivity (Wildman–Crippen MR) is 136 cm³/mol. The van der Waals surface area contributed by atoms with Gasteiger partial charge in [0.1, 0.15) is 23.9 Å². The molecule has 0 saturated heterocycles. The molecule has 0 bridgehead atoms. The highest BCUT2D eigenvalue weighted by atomic mass is 79.9. The fourth-order valence-corrected chi connectivity index (χ4v) is 3.78. The number of nitrogens with zero attached hydrogens (tertiary/aromatic N) is 2. The number of benzene rings is 3. The third-order valence-corrected chi connectivity index (χ3v) is 5.42. The summed E-state index contributed by atoms with van der Waals surface area (Å²) in [5.41, 5.74) is 1.70. The molecule has 0 saturated carbocycles. The van der Waals surface area contributed by atoms with Crippen LogP contribution in [0.4, 0.5) is 11.4 Å². The molecule has 3 rings (SSSR count). The van der Waals surface area contributed by atoms with Crippen molar-refractivity contribution in [1.29, 1.82) is 5.26 Å². The first kappa shape index (κ1) is 25.5. The van der Waals surface area contributed by atoms with E-state index in [2.05, 4.69) is 21.2 Å². The number of nitro benzene ring substituents is 1. The van der Waals surface area contributed by atoms with Crippen molar-refractivity contribution in [2.45, 2.75) is 20.5 Å². The van der Waals surface area contributed by atoms with E-state index in [0.717, 1.165) is 5.56 Å². The minimum Gasteiger partial charge on any atom is -0.490 e. The molecule has 35 heavy (non-hydrogen) atoms. The fourth-order valence-electron chi connectivity index (χ4n) is 3.21. The van der Waals surface area contributed by atoms with Crippen LogP contribution in [0.25, 0.3) is 6.08 Å². The van der Waals surface area contributed by atoms with Gasteiger partial charge in [-0.3, -0.25) is 14.9 Å². The van der Waals surface area contributed by atoms with Gasteiger partial charge in [-0.15, -0.1) is 0 Å². The summed E-state index contributed by atoms with van der Waals surface area (Å²) in [6, 6.07) is 19.3. The van der Waals surface area contributed by atoms with Crippen LogP contribution in [0.5, 0.6) is 11.5 Å². The topological polar surface area (TPSA) is 114 Å². The molecule has 0 aromatic heterocycles. The Balaban J connectivity index is 1.88. The third-order valence-electron chi connectivity index (χ3n) is 4.83. The Hall–Kier alpha value is -4.16. The zero-order valence-electron chi connectivity index (χ0n) is 19.1. The van der Waals surface area contributed by atoms with Crippen LogP contribution in [0.15, 0.2) is 70.7 Å². The third kappa shape index (κ3) is 6.68. The number of hydrogen-bond donors (Lipinski definition) is 1. The summed E-state index contributed by atoms with van der Waals surface area (Å²) in [7, 11) is 0. The maximum Gasteiger partial charge on any atom is 0.293 e. The number of carbonyl (C=O) groups is 1. The molecule has 0 spiro atoms. The van der Waals surface area contributed by atoms with Crippen molar-refractivity contribution in [3.8, 4) is 17.6 Å². The number of nitrogens with one attached hydrogen (secondary N) is 1. The highest BCUT2D eigenvalue weighted by Gasteiger charge is 2.19. The Labute approximate surface area is 211 Å². The molecule has 0 aliphatic heterocycles. The maximum atomic E-state index is 12.7. The fraction of sp³-hybridized carbons (Fsp3) is 0.154. The molecule has 3 aromatic rings. The molecule has 8 nitrogen and oxygen atoms in total. The smallest absolute Gasteiger partial charge is 0.293 e. The average molecular weight is 536 g/mol. The lowest BCUT2D eigenvalue weighted by molar-refractivity contribution is -0.384. The Morgan fingerprint density at radius 3 is 2.57 bits per heavy atom. The van der Waals surface area contributed by atoms with Crippen LogP contribution in [0, 0.1) is 28.4 Å². The van der Waals surface area contributed by atoms with E-state index < -0.39 is 10.8 Å². The van der Waals surface area contributed by atoms with Gasteiger partial charge in [-0.25, -0.2) is 0 Å². The summed E-state index contributed by atoms with van der Waals surface area (Å²) >= 11 is 3.48. The van der Waals surface area contributed by atoms with Crippen molar-refractivity contribution in [2.75, 3.05) is 11.9 Å². The monoisotopic (exact) mass is 535 g/mol. The number of nitro groups is 1. The summed E-state index contributed by atoms with van der Waals surface area (Å²) in [4.78, 5) is 23.5. The number of halogens is 1. The molecule has 0 unspecified atom stereocenters. The first-order valence-electron chi connectivity index (χ1n) is 10.6. The van der Waals surface area contributed by atoms with Gasteiger partial charge in [-0.2, -0.15) is 5.26 Å². The predicted octanol–water partition coefficient (Wildman–Crippen LogP) is 6.19. The number of anilines is 1. The van der Waals surface area contributed by atoms with Crippen molar-refractivity contribution in [3.05, 3.63) is 97.5 Å². The molecule has 3 aromatic carbocycles. The van der Waals surface area contributed by atoms with Gasteiger partial charge in [0, 0.05) is 6.07 Å². The normalized spacial score (nSPS) is 10.9. The van der Waals surface area contributed by atoms with Crippen molar-refractivity contribution in [1.82, 2.24) is 0 Å². The molecule has 1 N–H and O–H groups in total. The van der Waals surface area contributed by atoms with Crippen molar-refractivity contribution in [2.24, 2.45) is 0 Å². The number of nitriles is 1. The second-order valence-corrected chi connectivity index (χ2v) is 8.29. The number of hydrogen-bond acceptors (Lipinski definition) is 6. The number of ether oxygens (including phenoxy) is 2. The van der Waals surface area contributed by atoms with Crippen molar-refractivity contribution < 1.29 is 19.2 Å². The second kappa shape index (κ2) is 11.8. The molecule has 0 aliphatic rings. The first-order chi connectivity index (χ1) is 16.8. The number of rotatable bonds is 9. The highest BCUT2D eigenvalue weighted by Crippen LogP contribution is 2.38. The highest BCUT2D eigenvalue weighted by molar-refractivity contribution is 9.10. The van der Waals surface area contributed by atoms with E-state index in [0.29, 0.717) is 40.3 Å². The van der Waals surface area contributed by atoms with Gasteiger partial charge in [-0.05, 0) is 70.7 Å². The Bertz CT molecular complexity index is 1320. The SMILES string of the molecule is CCOc1cc(/C=C(\C#N)C(=O)Nc2ccc(C)cc2[N+](=O)[O-])cc(Br)c1OCc1ccccc1. The summed E-state index contributed by atoms with van der Waals surface area (Å²) < 4.78 is 12.3. The minimum absolute atomic E-state index is 0.00703. The van der Waals surface area contributed by atoms with E-state index >= 15 is 0 Å². The summed E-state index contributed by atoms with van der Waals surface area (Å²) in [5.74, 6) is 0.167. The van der Waals surface area contributed by atoms with Gasteiger partial charge in [0.2, 0.25) is 0 Å². The van der Waals surface area contributed by atoms with Gasteiger partial charge in [0.15, 0.2) is 11.5 Å². The number of aryl methyl sites for hydroxylation is 1. The van der Waals surface area contributed by atoms with Crippen LogP contribution >= 0.6 is 15.9 Å². The molecule has 9 heteroatoms. The first-order valence-corrected chi connectivity index (χ1v) is 11.4. The van der Waals surface area contributed by atoms with Crippen LogP contribution in [-0.2, 0) is 11.4 Å². The number of amides is 1. The van der Waals surface area contributed by atoms with Gasteiger partial charge < -0.3 is 14.8 Å². The second-order valence-electron chi connectivity index (χ2n) is 7.44. The van der Waals surface area contributed by atoms with E-state index in [4.69, 9.17) is 9.47 Å². The van der Waals surface area contributed by atoms with Crippen LogP contribution in [0.1, 0.15) is 23.6 Å². The summed E-state index contributed by atoms with van der Waals surface area (Å²) in [6.45, 7) is 4.25. The van der Waals surface area contributed by atoms with Crippen LogP contribution in [0.2, 0.25) is 0 Å². The largest absolute Gasteiger partial charge is 0.490 e. The number of carbonyl (C=O) groups excluding carboxylic acids is 1. The molecule has 0 aliphatic carbocycles. The zero-order valence-corrected chi connectivity index (χ0v) is 20.7. The molecular weight excluding hydrogens is 514 g/mol. The van der Waals surface area contributed by atoms with Gasteiger partial charge in [0.05, 0.1) is 16.0 Å². The molecule has 178 valence electrons.